The number of hydrogen-bond acceptors (Lipinski definition) is 7. The number of amides is 1. The molecule has 8 heteroatoms. The second-order valence-corrected chi connectivity index (χ2v) is 7.95. The topological polar surface area (TPSA) is 94.3 Å². The van der Waals surface area contributed by atoms with Crippen molar-refractivity contribution in [3.63, 3.8) is 0 Å². The third kappa shape index (κ3) is 6.96. The van der Waals surface area contributed by atoms with Crippen LogP contribution in [0.1, 0.15) is 48.0 Å². The van der Waals surface area contributed by atoms with Crippen LogP contribution >= 0.6 is 11.8 Å². The summed E-state index contributed by atoms with van der Waals surface area (Å²) in [7, 11) is 0. The average Bonchev–Trinajstić information content (AvgIpc) is 3.24. The van der Waals surface area contributed by atoms with Crippen LogP contribution in [0, 0.1) is 0 Å². The molecule has 1 N–H and O–H groups in total. The number of rotatable bonds is 10. The van der Waals surface area contributed by atoms with Crippen molar-refractivity contribution in [1.29, 1.82) is 0 Å². The largest absolute Gasteiger partial charge is 0.462 e. The number of carbonyl (C=O) groups is 2. The number of anilines is 1. The minimum Gasteiger partial charge on any atom is -0.462 e. The molecule has 0 saturated heterocycles. The summed E-state index contributed by atoms with van der Waals surface area (Å²) < 4.78 is 10.7. The maximum Gasteiger partial charge on any atom is 0.338 e. The van der Waals surface area contributed by atoms with E-state index in [1.54, 1.807) is 24.3 Å². The van der Waals surface area contributed by atoms with Crippen molar-refractivity contribution in [2.45, 2.75) is 37.8 Å². The van der Waals surface area contributed by atoms with Crippen molar-refractivity contribution in [1.82, 2.24) is 10.2 Å². The van der Waals surface area contributed by atoms with E-state index < -0.39 is 0 Å². The number of esters is 1. The maximum absolute atomic E-state index is 12.2. The third-order valence-corrected chi connectivity index (χ3v) is 5.28. The first-order valence-electron chi connectivity index (χ1n) is 10.1. The van der Waals surface area contributed by atoms with Crippen LogP contribution in [0.15, 0.2) is 64.2 Å². The van der Waals surface area contributed by atoms with Crippen LogP contribution in [0.2, 0.25) is 0 Å². The Hall–Kier alpha value is -3.13. The van der Waals surface area contributed by atoms with Crippen LogP contribution in [0.5, 0.6) is 0 Å². The number of ether oxygens (including phenoxy) is 1. The molecule has 0 aliphatic carbocycles. The van der Waals surface area contributed by atoms with Crippen LogP contribution < -0.4 is 5.32 Å². The van der Waals surface area contributed by atoms with Gasteiger partial charge in [0.15, 0.2) is 0 Å². The van der Waals surface area contributed by atoms with Crippen molar-refractivity contribution < 1.29 is 18.7 Å². The molecular formula is C23H25N3O4S. The van der Waals surface area contributed by atoms with Crippen molar-refractivity contribution in [3.8, 4) is 0 Å². The summed E-state index contributed by atoms with van der Waals surface area (Å²) in [6.45, 7) is 4.43. The van der Waals surface area contributed by atoms with Gasteiger partial charge in [-0.3, -0.25) is 4.79 Å². The first kappa shape index (κ1) is 22.6. The molecule has 1 aromatic heterocycles. The molecule has 3 rings (SSSR count). The molecule has 1 amide bonds. The van der Waals surface area contributed by atoms with E-state index >= 15 is 0 Å². The van der Waals surface area contributed by atoms with E-state index in [9.17, 15) is 9.59 Å². The molecule has 0 fully saturated rings. The number of benzene rings is 2. The van der Waals surface area contributed by atoms with Gasteiger partial charge >= 0.3 is 5.97 Å². The molecule has 1 unspecified atom stereocenters. The molecule has 7 nitrogen and oxygen atoms in total. The van der Waals surface area contributed by atoms with Crippen molar-refractivity contribution >= 4 is 29.3 Å². The lowest BCUT2D eigenvalue weighted by Gasteiger charge is -2.08. The van der Waals surface area contributed by atoms with Crippen LogP contribution in [-0.2, 0) is 16.0 Å². The van der Waals surface area contributed by atoms with E-state index in [4.69, 9.17) is 9.15 Å². The van der Waals surface area contributed by atoms with Crippen LogP contribution in [0.4, 0.5) is 5.69 Å². The smallest absolute Gasteiger partial charge is 0.338 e. The fourth-order valence-electron chi connectivity index (χ4n) is 2.83. The van der Waals surface area contributed by atoms with Crippen molar-refractivity contribution in [2.24, 2.45) is 0 Å². The van der Waals surface area contributed by atoms with E-state index in [0.29, 0.717) is 35.4 Å². The molecule has 0 radical (unpaired) electrons. The average molecular weight is 440 g/mol. The van der Waals surface area contributed by atoms with E-state index in [1.807, 2.05) is 25.1 Å². The van der Waals surface area contributed by atoms with Gasteiger partial charge in [-0.25, -0.2) is 4.79 Å². The third-order valence-electron chi connectivity index (χ3n) is 4.47. The molecule has 0 saturated carbocycles. The molecule has 3 aromatic rings. The second kappa shape index (κ2) is 11.3. The standard InChI is InChI=1S/C23H25N3O4S/c1-3-13-29-22(28)18-9-11-19(12-10-18)24-20(27)15-31-23-26-25-21(30-23)14-16(2)17-7-5-4-6-8-17/h4-12,16H,3,13-15H2,1-2H3,(H,24,27). The van der Waals surface area contributed by atoms with E-state index in [2.05, 4.69) is 34.6 Å². The number of thioether (sulfide) groups is 1. The van der Waals surface area contributed by atoms with Gasteiger partial charge in [0.1, 0.15) is 0 Å². The number of nitrogens with one attached hydrogen (secondary N) is 1. The first-order chi connectivity index (χ1) is 15.0. The molecule has 1 heterocycles. The highest BCUT2D eigenvalue weighted by molar-refractivity contribution is 7.99. The van der Waals surface area contributed by atoms with Gasteiger partial charge in [0.2, 0.25) is 11.8 Å². The Morgan fingerprint density at radius 1 is 1.10 bits per heavy atom. The first-order valence-corrected chi connectivity index (χ1v) is 11.1. The van der Waals surface area contributed by atoms with Crippen LogP contribution in [0.25, 0.3) is 0 Å². The SMILES string of the molecule is CCCOC(=O)c1ccc(NC(=O)CSc2nnc(CC(C)c3ccccc3)o2)cc1. The number of carbonyl (C=O) groups excluding carboxylic acids is 2. The van der Waals surface area contributed by atoms with Gasteiger partial charge in [0.25, 0.3) is 5.22 Å². The maximum atomic E-state index is 12.2. The molecule has 1 atom stereocenters. The fraction of sp³-hybridized carbons (Fsp3) is 0.304. The molecule has 0 aliphatic rings. The molecular weight excluding hydrogens is 414 g/mol. The Kier molecular flexibility index (Phi) is 8.23. The Labute approximate surface area is 185 Å². The normalized spacial score (nSPS) is 11.7. The van der Waals surface area contributed by atoms with Crippen LogP contribution in [-0.4, -0.2) is 34.4 Å². The summed E-state index contributed by atoms with van der Waals surface area (Å²) in [5.74, 6) is 0.360. The summed E-state index contributed by atoms with van der Waals surface area (Å²) in [4.78, 5) is 24.0. The molecule has 0 bridgehead atoms. The zero-order valence-electron chi connectivity index (χ0n) is 17.5. The van der Waals surface area contributed by atoms with Gasteiger partial charge in [-0.15, -0.1) is 10.2 Å². The Bertz CT molecular complexity index is 990. The van der Waals surface area contributed by atoms with Gasteiger partial charge in [0, 0.05) is 12.1 Å². The predicted octanol–water partition coefficient (Wildman–Crippen LogP) is 4.71. The lowest BCUT2D eigenvalue weighted by Crippen LogP contribution is -2.14. The zero-order chi connectivity index (χ0) is 22.1. The molecule has 162 valence electrons. The highest BCUT2D eigenvalue weighted by Gasteiger charge is 2.14. The summed E-state index contributed by atoms with van der Waals surface area (Å²) in [6.07, 6.45) is 1.40. The number of hydrogen-bond donors (Lipinski definition) is 1. The summed E-state index contributed by atoms with van der Waals surface area (Å²) in [5.41, 5.74) is 2.25. The van der Waals surface area contributed by atoms with E-state index in [0.717, 1.165) is 6.42 Å². The van der Waals surface area contributed by atoms with Gasteiger partial charge < -0.3 is 14.5 Å². The Morgan fingerprint density at radius 2 is 1.84 bits per heavy atom. The molecule has 2 aromatic carbocycles. The Morgan fingerprint density at radius 3 is 2.55 bits per heavy atom. The second-order valence-electron chi connectivity index (χ2n) is 7.03. The van der Waals surface area contributed by atoms with E-state index in [1.165, 1.54) is 17.3 Å². The summed E-state index contributed by atoms with van der Waals surface area (Å²) >= 11 is 1.18. The highest BCUT2D eigenvalue weighted by atomic mass is 32.2. The summed E-state index contributed by atoms with van der Waals surface area (Å²) in [5, 5.41) is 11.2. The highest BCUT2D eigenvalue weighted by Crippen LogP contribution is 2.22. The van der Waals surface area contributed by atoms with Gasteiger partial charge in [0.05, 0.1) is 17.9 Å². The fourth-order valence-corrected chi connectivity index (χ4v) is 3.41. The van der Waals surface area contributed by atoms with E-state index in [-0.39, 0.29) is 23.5 Å². The minimum atomic E-state index is -0.371. The van der Waals surface area contributed by atoms with Gasteiger partial charge in [-0.1, -0.05) is 55.9 Å². The predicted molar refractivity (Wildman–Crippen MR) is 119 cm³/mol. The lowest BCUT2D eigenvalue weighted by atomic mass is 9.98. The van der Waals surface area contributed by atoms with Crippen molar-refractivity contribution in [3.05, 3.63) is 71.6 Å². The van der Waals surface area contributed by atoms with Gasteiger partial charge in [-0.2, -0.15) is 0 Å². The molecule has 31 heavy (non-hydrogen) atoms. The monoisotopic (exact) mass is 439 g/mol. The quantitative estimate of drug-likeness (QED) is 0.361. The number of nitrogens with zero attached hydrogens (tertiary/aromatic N) is 2. The minimum absolute atomic E-state index is 0.135. The molecule has 0 aliphatic heterocycles. The molecule has 0 spiro atoms. The van der Waals surface area contributed by atoms with Crippen LogP contribution in [0.3, 0.4) is 0 Å². The Balaban J connectivity index is 1.45. The lowest BCUT2D eigenvalue weighted by molar-refractivity contribution is -0.113. The summed E-state index contributed by atoms with van der Waals surface area (Å²) in [6, 6.07) is 16.7. The zero-order valence-corrected chi connectivity index (χ0v) is 18.4. The van der Waals surface area contributed by atoms with Crippen molar-refractivity contribution in [2.75, 3.05) is 17.7 Å². The number of aromatic nitrogens is 2. The van der Waals surface area contributed by atoms with Gasteiger partial charge in [-0.05, 0) is 42.2 Å².